The van der Waals surface area contributed by atoms with Gasteiger partial charge < -0.3 is 39.9 Å². The van der Waals surface area contributed by atoms with Crippen molar-refractivity contribution in [1.29, 1.82) is 0 Å². The van der Waals surface area contributed by atoms with Gasteiger partial charge in [0.15, 0.2) is 6.10 Å². The molecule has 6 unspecified atom stereocenters. The molecule has 0 aromatic heterocycles. The lowest BCUT2D eigenvalue weighted by atomic mass is 9.85. The fraction of sp³-hybridized carbons (Fsp3) is 0.745. The first-order chi connectivity index (χ1) is 29.4. The fourth-order valence-electron chi connectivity index (χ4n) is 6.57. The van der Waals surface area contributed by atoms with Gasteiger partial charge in [-0.2, -0.15) is 0 Å². The Morgan fingerprint density at radius 2 is 0.902 bits per heavy atom. The zero-order chi connectivity index (χ0) is 45.0. The quantitative estimate of drug-likeness (QED) is 0.0149. The molecule has 0 aliphatic heterocycles. The van der Waals surface area contributed by atoms with Crippen molar-refractivity contribution in [2.45, 2.75) is 211 Å². The number of hydrogen-bond acceptors (Lipinski definition) is 12. The number of carbonyl (C=O) groups excluding carboxylic acids is 2. The second-order valence-corrected chi connectivity index (χ2v) is 17.3. The van der Waals surface area contributed by atoms with Crippen molar-refractivity contribution >= 4 is 19.8 Å². The minimum absolute atomic E-state index is 0.0778. The Labute approximate surface area is 366 Å². The Kier molecular flexibility index (Phi) is 34.3. The molecule has 1 aliphatic rings. The molecule has 0 radical (unpaired) electrons. The maximum Gasteiger partial charge on any atom is 0.472 e. The van der Waals surface area contributed by atoms with Gasteiger partial charge in [0, 0.05) is 12.8 Å². The van der Waals surface area contributed by atoms with E-state index < -0.39 is 75.7 Å². The van der Waals surface area contributed by atoms with Gasteiger partial charge in [0.1, 0.15) is 43.2 Å². The van der Waals surface area contributed by atoms with Crippen LogP contribution in [0.5, 0.6) is 0 Å². The molecular formula is C47H81O13P. The van der Waals surface area contributed by atoms with Crippen molar-refractivity contribution in [1.82, 2.24) is 0 Å². The van der Waals surface area contributed by atoms with Crippen LogP contribution in [-0.2, 0) is 32.7 Å². The number of unbranched alkanes of at least 4 members (excludes halogenated alkanes) is 15. The van der Waals surface area contributed by atoms with Crippen LogP contribution in [0.3, 0.4) is 0 Å². The van der Waals surface area contributed by atoms with Crippen LogP contribution in [0.4, 0.5) is 0 Å². The number of esters is 2. The van der Waals surface area contributed by atoms with Crippen LogP contribution in [0.15, 0.2) is 60.8 Å². The average molecular weight is 885 g/mol. The number of rotatable bonds is 37. The maximum atomic E-state index is 12.8. The average Bonchev–Trinajstić information content (AvgIpc) is 3.24. The maximum absolute atomic E-state index is 12.8. The molecule has 61 heavy (non-hydrogen) atoms. The van der Waals surface area contributed by atoms with Crippen LogP contribution in [0.25, 0.3) is 0 Å². The molecule has 1 saturated carbocycles. The largest absolute Gasteiger partial charge is 0.472 e. The lowest BCUT2D eigenvalue weighted by Crippen LogP contribution is -2.64. The van der Waals surface area contributed by atoms with Gasteiger partial charge in [-0.3, -0.25) is 18.6 Å². The van der Waals surface area contributed by atoms with E-state index in [1.165, 1.54) is 44.9 Å². The summed E-state index contributed by atoms with van der Waals surface area (Å²) in [5.41, 5.74) is 0. The molecule has 14 heteroatoms. The summed E-state index contributed by atoms with van der Waals surface area (Å²) in [5, 5.41) is 50.1. The van der Waals surface area contributed by atoms with E-state index in [2.05, 4.69) is 62.5 Å². The summed E-state index contributed by atoms with van der Waals surface area (Å²) in [4.78, 5) is 35.7. The highest BCUT2D eigenvalue weighted by Crippen LogP contribution is 2.47. The van der Waals surface area contributed by atoms with E-state index in [9.17, 15) is 44.6 Å². The van der Waals surface area contributed by atoms with E-state index in [1.807, 2.05) is 12.2 Å². The summed E-state index contributed by atoms with van der Waals surface area (Å²) in [6.45, 7) is 3.20. The van der Waals surface area contributed by atoms with Crippen LogP contribution < -0.4 is 0 Å². The molecule has 0 aromatic carbocycles. The Hall–Kier alpha value is -2.45. The van der Waals surface area contributed by atoms with E-state index in [-0.39, 0.29) is 12.8 Å². The molecule has 0 aromatic rings. The number of ether oxygens (including phenoxy) is 2. The molecule has 6 N–H and O–H groups in total. The van der Waals surface area contributed by atoms with E-state index in [0.717, 1.165) is 77.0 Å². The second kappa shape index (κ2) is 37.0. The molecule has 8 atom stereocenters. The molecule has 13 nitrogen and oxygen atoms in total. The lowest BCUT2D eigenvalue weighted by molar-refractivity contribution is -0.220. The molecule has 0 bridgehead atoms. The number of aliphatic hydroxyl groups is 5. The number of allylic oxidation sites excluding steroid dienone is 10. The monoisotopic (exact) mass is 885 g/mol. The predicted molar refractivity (Wildman–Crippen MR) is 239 cm³/mol. The molecular weight excluding hydrogens is 803 g/mol. The zero-order valence-corrected chi connectivity index (χ0v) is 38.1. The van der Waals surface area contributed by atoms with Crippen LogP contribution in [0, 0.1) is 0 Å². The van der Waals surface area contributed by atoms with Crippen LogP contribution in [-0.4, -0.2) is 98.3 Å². The molecule has 0 heterocycles. The van der Waals surface area contributed by atoms with Gasteiger partial charge in [0.05, 0.1) is 6.61 Å². The van der Waals surface area contributed by atoms with Gasteiger partial charge in [0.2, 0.25) is 0 Å². The van der Waals surface area contributed by atoms with Crippen molar-refractivity contribution in [2.75, 3.05) is 13.2 Å². The summed E-state index contributed by atoms with van der Waals surface area (Å²) >= 11 is 0. The van der Waals surface area contributed by atoms with Crippen molar-refractivity contribution in [2.24, 2.45) is 0 Å². The third kappa shape index (κ3) is 29.5. The van der Waals surface area contributed by atoms with Crippen molar-refractivity contribution in [3.63, 3.8) is 0 Å². The van der Waals surface area contributed by atoms with Crippen LogP contribution >= 0.6 is 7.82 Å². The lowest BCUT2D eigenvalue weighted by Gasteiger charge is -2.41. The summed E-state index contributed by atoms with van der Waals surface area (Å²) in [7, 11) is -5.13. The van der Waals surface area contributed by atoms with Gasteiger partial charge in [-0.15, -0.1) is 0 Å². The van der Waals surface area contributed by atoms with Gasteiger partial charge in [-0.25, -0.2) is 4.57 Å². The van der Waals surface area contributed by atoms with Crippen molar-refractivity contribution in [3.8, 4) is 0 Å². The number of phosphoric acid groups is 1. The SMILES string of the molecule is CCCCC/C=C/C/C=C/C/C=C/C/C=C/CCCC(=O)OC[C@@H](COP(=O)(O)OC1C(O)C(O)C(O)[C@H](O)C1O)OC(=O)CCCCCCCCC/C=C/CCCCCC. The van der Waals surface area contributed by atoms with Gasteiger partial charge in [0.25, 0.3) is 0 Å². The van der Waals surface area contributed by atoms with Crippen LogP contribution in [0.1, 0.15) is 168 Å². The first-order valence-electron chi connectivity index (χ1n) is 23.1. The Morgan fingerprint density at radius 1 is 0.508 bits per heavy atom. The summed E-state index contributed by atoms with van der Waals surface area (Å²) in [5.74, 6) is -1.17. The first-order valence-corrected chi connectivity index (χ1v) is 24.6. The highest BCUT2D eigenvalue weighted by molar-refractivity contribution is 7.47. The van der Waals surface area contributed by atoms with Gasteiger partial charge in [-0.1, -0.05) is 139 Å². The Bertz CT molecular complexity index is 1300. The third-order valence-electron chi connectivity index (χ3n) is 10.3. The smallest absolute Gasteiger partial charge is 0.462 e. The number of hydrogen-bond donors (Lipinski definition) is 6. The normalized spacial score (nSPS) is 22.6. The number of carbonyl (C=O) groups is 2. The summed E-state index contributed by atoms with van der Waals surface area (Å²) < 4.78 is 33.5. The van der Waals surface area contributed by atoms with E-state index in [0.29, 0.717) is 19.3 Å². The van der Waals surface area contributed by atoms with Crippen LogP contribution in [0.2, 0.25) is 0 Å². The zero-order valence-electron chi connectivity index (χ0n) is 37.2. The molecule has 1 fully saturated rings. The molecule has 0 amide bonds. The summed E-state index contributed by atoms with van der Waals surface area (Å²) in [6.07, 6.45) is 31.3. The van der Waals surface area contributed by atoms with Crippen molar-refractivity contribution in [3.05, 3.63) is 60.8 Å². The van der Waals surface area contributed by atoms with Gasteiger partial charge in [-0.05, 0) is 77.0 Å². The highest BCUT2D eigenvalue weighted by Gasteiger charge is 2.51. The minimum atomic E-state index is -5.13. The fourth-order valence-corrected chi connectivity index (χ4v) is 7.54. The predicted octanol–water partition coefficient (Wildman–Crippen LogP) is 8.94. The van der Waals surface area contributed by atoms with E-state index in [1.54, 1.807) is 0 Å². The van der Waals surface area contributed by atoms with E-state index in [4.69, 9.17) is 18.5 Å². The standard InChI is InChI=1S/C47H81O13P/c1-3-5-7-9-11-13-15-17-19-20-22-23-25-27-29-31-33-35-40(48)57-37-39(38-58-61(55,56)60-47-45(53)43(51)42(50)44(52)46(47)54)59-41(49)36-34-32-30-28-26-24-21-18-16-14-12-10-8-6-4-2/h11,13-14,16-17,19,22-23,27,29,39,42-47,50-54H,3-10,12,15,18,20-21,24-26,28,30-38H2,1-2H3,(H,55,56)/b13-11+,16-14+,19-17+,23-22+,29-27+/t39-,42?,43-,44?,45?,46?,47?/m0/s1. The molecule has 0 saturated heterocycles. The third-order valence-corrected chi connectivity index (χ3v) is 11.3. The first kappa shape index (κ1) is 56.6. The Balaban J connectivity index is 2.51. The number of aliphatic hydroxyl groups excluding tert-OH is 5. The second-order valence-electron chi connectivity index (χ2n) is 15.9. The molecule has 1 aliphatic carbocycles. The summed E-state index contributed by atoms with van der Waals surface area (Å²) in [6, 6.07) is 0. The molecule has 352 valence electrons. The number of phosphoric ester groups is 1. The molecule has 0 spiro atoms. The topological polar surface area (TPSA) is 210 Å². The minimum Gasteiger partial charge on any atom is -0.462 e. The van der Waals surface area contributed by atoms with Gasteiger partial charge >= 0.3 is 19.8 Å². The van der Waals surface area contributed by atoms with Crippen molar-refractivity contribution < 1.29 is 63.1 Å². The highest BCUT2D eigenvalue weighted by atomic mass is 31.2. The van der Waals surface area contributed by atoms with E-state index >= 15 is 0 Å². The molecule has 1 rings (SSSR count). The Morgan fingerprint density at radius 3 is 1.44 bits per heavy atom.